The van der Waals surface area contributed by atoms with E-state index in [1.807, 2.05) is 0 Å². The zero-order valence-electron chi connectivity index (χ0n) is 10.3. The number of carbonyl (C=O) groups is 1. The molecule has 0 aliphatic heterocycles. The van der Waals surface area contributed by atoms with Gasteiger partial charge in [-0.3, -0.25) is 0 Å². The molecule has 3 N–H and O–H groups in total. The van der Waals surface area contributed by atoms with E-state index >= 15 is 0 Å². The lowest BCUT2D eigenvalue weighted by molar-refractivity contribution is 0.0693. The number of rotatable bonds is 4. The number of carboxylic acid groups (broad SMARTS) is 1. The monoisotopic (exact) mass is 264 g/mol. The maximum absolute atomic E-state index is 11.2. The maximum Gasteiger partial charge on any atom is 0.339 e. The number of nitrogen functional groups attached to an aromatic ring is 1. The van der Waals surface area contributed by atoms with Crippen LogP contribution in [0.15, 0.2) is 22.7 Å². The van der Waals surface area contributed by atoms with Gasteiger partial charge in [0.15, 0.2) is 0 Å². The van der Waals surface area contributed by atoms with Gasteiger partial charge in [0.05, 0.1) is 14.2 Å². The summed E-state index contributed by atoms with van der Waals surface area (Å²) >= 11 is 0. The summed E-state index contributed by atoms with van der Waals surface area (Å²) in [6.07, 6.45) is 0. The molecule has 1 aromatic carbocycles. The summed E-state index contributed by atoms with van der Waals surface area (Å²) in [6, 6.07) is 4.36. The minimum atomic E-state index is -1.11. The van der Waals surface area contributed by atoms with Crippen molar-refractivity contribution in [3.8, 4) is 22.8 Å². The second-order valence-electron chi connectivity index (χ2n) is 3.67. The predicted octanol–water partition coefficient (Wildman–Crippen LogP) is 1.64. The Hall–Kier alpha value is -2.70. The van der Waals surface area contributed by atoms with Crippen LogP contribution in [-0.4, -0.2) is 30.5 Å². The van der Waals surface area contributed by atoms with Crippen molar-refractivity contribution in [2.75, 3.05) is 20.0 Å². The van der Waals surface area contributed by atoms with Gasteiger partial charge in [-0.25, -0.2) is 4.79 Å². The predicted molar refractivity (Wildman–Crippen MR) is 66.4 cm³/mol. The summed E-state index contributed by atoms with van der Waals surface area (Å²) in [5.74, 6) is -0.373. The molecule has 19 heavy (non-hydrogen) atoms. The van der Waals surface area contributed by atoms with Crippen LogP contribution in [0.1, 0.15) is 10.4 Å². The van der Waals surface area contributed by atoms with Crippen LogP contribution in [0.5, 0.6) is 11.5 Å². The van der Waals surface area contributed by atoms with Crippen LogP contribution in [0.3, 0.4) is 0 Å². The van der Waals surface area contributed by atoms with Gasteiger partial charge in [-0.05, 0) is 6.07 Å². The Morgan fingerprint density at radius 1 is 1.26 bits per heavy atom. The Morgan fingerprint density at radius 3 is 2.42 bits per heavy atom. The maximum atomic E-state index is 11.2. The van der Waals surface area contributed by atoms with E-state index in [2.05, 4.69) is 5.16 Å². The van der Waals surface area contributed by atoms with E-state index in [4.69, 9.17) is 24.8 Å². The average Bonchev–Trinajstić information content (AvgIpc) is 2.83. The topological polar surface area (TPSA) is 108 Å². The fraction of sp³-hybridized carbons (Fsp3) is 0.167. The minimum absolute atomic E-state index is 0.000119. The Balaban J connectivity index is 2.65. The number of methoxy groups -OCH3 is 2. The second kappa shape index (κ2) is 4.89. The quantitative estimate of drug-likeness (QED) is 0.864. The van der Waals surface area contributed by atoms with Gasteiger partial charge in [-0.1, -0.05) is 5.16 Å². The van der Waals surface area contributed by atoms with Gasteiger partial charge in [0.25, 0.3) is 0 Å². The lowest BCUT2D eigenvalue weighted by atomic mass is 10.1. The highest BCUT2D eigenvalue weighted by Crippen LogP contribution is 2.36. The highest BCUT2D eigenvalue weighted by Gasteiger charge is 2.19. The summed E-state index contributed by atoms with van der Waals surface area (Å²) in [7, 11) is 2.84. The Labute approximate surface area is 108 Å². The molecule has 0 radical (unpaired) electrons. The largest absolute Gasteiger partial charge is 0.496 e. The van der Waals surface area contributed by atoms with Crippen LogP contribution in [0.4, 0.5) is 5.88 Å². The smallest absolute Gasteiger partial charge is 0.339 e. The summed E-state index contributed by atoms with van der Waals surface area (Å²) in [5, 5.41) is 12.9. The molecule has 2 rings (SSSR count). The van der Waals surface area contributed by atoms with Crippen LogP contribution in [-0.2, 0) is 0 Å². The fourth-order valence-corrected chi connectivity index (χ4v) is 1.68. The van der Waals surface area contributed by atoms with E-state index in [1.54, 1.807) is 0 Å². The van der Waals surface area contributed by atoms with Crippen molar-refractivity contribution in [1.82, 2.24) is 5.16 Å². The zero-order chi connectivity index (χ0) is 14.0. The first-order valence-electron chi connectivity index (χ1n) is 5.28. The number of anilines is 1. The summed E-state index contributed by atoms with van der Waals surface area (Å²) in [6.45, 7) is 0. The van der Waals surface area contributed by atoms with Gasteiger partial charge < -0.3 is 24.8 Å². The molecule has 0 atom stereocenters. The van der Waals surface area contributed by atoms with Crippen LogP contribution >= 0.6 is 0 Å². The number of nitrogens with two attached hydrogens (primary N) is 1. The molecule has 0 unspecified atom stereocenters. The molecule has 0 amide bonds. The number of hydrogen-bond acceptors (Lipinski definition) is 6. The van der Waals surface area contributed by atoms with Crippen molar-refractivity contribution < 1.29 is 23.9 Å². The van der Waals surface area contributed by atoms with E-state index in [9.17, 15) is 4.79 Å². The van der Waals surface area contributed by atoms with Gasteiger partial charge in [-0.15, -0.1) is 0 Å². The molecule has 0 saturated heterocycles. The van der Waals surface area contributed by atoms with Crippen molar-refractivity contribution in [2.45, 2.75) is 0 Å². The van der Waals surface area contributed by atoms with Gasteiger partial charge in [0.2, 0.25) is 5.88 Å². The number of aromatic carboxylic acids is 1. The average molecular weight is 264 g/mol. The normalized spacial score (nSPS) is 10.2. The number of ether oxygens (including phenoxy) is 2. The number of carboxylic acids is 1. The number of aromatic nitrogens is 1. The zero-order valence-corrected chi connectivity index (χ0v) is 10.3. The van der Waals surface area contributed by atoms with Gasteiger partial charge in [0.1, 0.15) is 22.8 Å². The van der Waals surface area contributed by atoms with Crippen molar-refractivity contribution >= 4 is 11.9 Å². The molecule has 1 aromatic heterocycles. The van der Waals surface area contributed by atoms with E-state index in [1.165, 1.54) is 32.4 Å². The Morgan fingerprint density at radius 2 is 1.95 bits per heavy atom. The van der Waals surface area contributed by atoms with Gasteiger partial charge in [0, 0.05) is 17.7 Å². The third kappa shape index (κ3) is 2.30. The fourth-order valence-electron chi connectivity index (χ4n) is 1.68. The van der Waals surface area contributed by atoms with Gasteiger partial charge >= 0.3 is 5.97 Å². The molecule has 0 aliphatic carbocycles. The molecule has 2 aromatic rings. The first-order valence-corrected chi connectivity index (χ1v) is 5.28. The molecule has 0 aliphatic rings. The van der Waals surface area contributed by atoms with Gasteiger partial charge in [-0.2, -0.15) is 0 Å². The molecule has 100 valence electrons. The summed E-state index contributed by atoms with van der Waals surface area (Å²) in [5.41, 5.74) is 6.30. The van der Waals surface area contributed by atoms with E-state index in [-0.39, 0.29) is 17.2 Å². The Kier molecular flexibility index (Phi) is 3.28. The molecule has 1 heterocycles. The van der Waals surface area contributed by atoms with Crippen molar-refractivity contribution in [1.29, 1.82) is 0 Å². The standard InChI is InChI=1S/C12H12N2O5/c1-17-9-5-10(18-2)7(12(15)16)3-6(9)8-4-11(13)19-14-8/h3-5H,13H2,1-2H3,(H,15,16). The van der Waals surface area contributed by atoms with Crippen LogP contribution in [0.25, 0.3) is 11.3 Å². The molecule has 7 heteroatoms. The third-order valence-corrected chi connectivity index (χ3v) is 2.56. The van der Waals surface area contributed by atoms with Crippen LogP contribution in [0, 0.1) is 0 Å². The van der Waals surface area contributed by atoms with Crippen LogP contribution in [0.2, 0.25) is 0 Å². The van der Waals surface area contributed by atoms with E-state index < -0.39 is 5.97 Å². The lowest BCUT2D eigenvalue weighted by Gasteiger charge is -2.11. The Bertz CT molecular complexity index is 621. The summed E-state index contributed by atoms with van der Waals surface area (Å²) in [4.78, 5) is 11.2. The highest BCUT2D eigenvalue weighted by atomic mass is 16.5. The van der Waals surface area contributed by atoms with E-state index in [0.29, 0.717) is 17.0 Å². The lowest BCUT2D eigenvalue weighted by Crippen LogP contribution is -2.02. The third-order valence-electron chi connectivity index (χ3n) is 2.56. The molecule has 0 spiro atoms. The van der Waals surface area contributed by atoms with Crippen LogP contribution < -0.4 is 15.2 Å². The van der Waals surface area contributed by atoms with Crippen molar-refractivity contribution in [2.24, 2.45) is 0 Å². The second-order valence-corrected chi connectivity index (χ2v) is 3.67. The number of nitrogens with zero attached hydrogens (tertiary/aromatic N) is 1. The number of benzene rings is 1. The molecular weight excluding hydrogens is 252 g/mol. The molecule has 0 bridgehead atoms. The number of hydrogen-bond donors (Lipinski definition) is 2. The molecular formula is C12H12N2O5. The first-order chi connectivity index (χ1) is 9.06. The molecule has 7 nitrogen and oxygen atoms in total. The van der Waals surface area contributed by atoms with E-state index in [0.717, 1.165) is 0 Å². The first kappa shape index (κ1) is 12.7. The molecule has 0 fully saturated rings. The van der Waals surface area contributed by atoms with Crippen molar-refractivity contribution in [3.05, 3.63) is 23.8 Å². The SMILES string of the molecule is COc1cc(OC)c(-c2cc(N)on2)cc1C(=O)O. The summed E-state index contributed by atoms with van der Waals surface area (Å²) < 4.78 is 15.0. The molecule has 0 saturated carbocycles. The highest BCUT2D eigenvalue weighted by molar-refractivity contribution is 5.93. The van der Waals surface area contributed by atoms with Crippen molar-refractivity contribution in [3.63, 3.8) is 0 Å². The minimum Gasteiger partial charge on any atom is -0.496 e.